The molecule has 0 bridgehead atoms. The smallest absolute Gasteiger partial charge is 0.0945 e. The Bertz CT molecular complexity index is 394. The second-order valence-corrected chi connectivity index (χ2v) is 9.81. The maximum absolute atomic E-state index is 4.18. The molecule has 0 aromatic carbocycles. The van der Waals surface area contributed by atoms with Crippen LogP contribution in [0, 0.1) is 0 Å². The molecule has 1 aliphatic heterocycles. The highest BCUT2D eigenvalue weighted by Gasteiger charge is 2.39. The molecule has 0 saturated carbocycles. The van der Waals surface area contributed by atoms with Crippen LogP contribution in [0.5, 0.6) is 0 Å². The third kappa shape index (κ3) is 5.84. The van der Waals surface area contributed by atoms with Gasteiger partial charge in [0.25, 0.3) is 0 Å². The van der Waals surface area contributed by atoms with Crippen molar-refractivity contribution in [3.8, 4) is 0 Å². The van der Waals surface area contributed by atoms with Crippen LogP contribution in [-0.2, 0) is 6.54 Å². The van der Waals surface area contributed by atoms with Crippen molar-refractivity contribution in [3.05, 3.63) is 18.7 Å². The van der Waals surface area contributed by atoms with Crippen molar-refractivity contribution in [2.24, 2.45) is 0 Å². The number of hydrogen-bond acceptors (Lipinski definition) is 3. The lowest BCUT2D eigenvalue weighted by Gasteiger charge is -2.28. The minimum absolute atomic E-state index is 0.469. The summed E-state index contributed by atoms with van der Waals surface area (Å²) in [5.41, 5.74) is 0. The van der Waals surface area contributed by atoms with E-state index in [-0.39, 0.29) is 0 Å². The lowest BCUT2D eigenvalue weighted by atomic mass is 10.1. The van der Waals surface area contributed by atoms with Crippen LogP contribution >= 0.6 is 23.5 Å². The maximum atomic E-state index is 4.18. The first kappa shape index (κ1) is 18.3. The molecule has 0 N–H and O–H groups in total. The molecule has 2 rings (SSSR count). The number of aryl methyl sites for hydroxylation is 1. The zero-order chi connectivity index (χ0) is 15.7. The molecule has 1 saturated heterocycles. The first-order valence-corrected chi connectivity index (χ1v) is 10.9. The van der Waals surface area contributed by atoms with E-state index in [1.807, 2.05) is 12.5 Å². The van der Waals surface area contributed by atoms with Crippen LogP contribution < -0.4 is 0 Å². The molecule has 1 aromatic rings. The molecule has 126 valence electrons. The SMILES string of the molecule is CCCCCCC1(CCn2ccnc2)SCC(CCCC)S1. The normalized spacial score (nSPS) is 24.9. The van der Waals surface area contributed by atoms with Crippen molar-refractivity contribution < 1.29 is 0 Å². The molecule has 0 spiro atoms. The molecule has 0 amide bonds. The molecule has 22 heavy (non-hydrogen) atoms. The number of imidazole rings is 1. The molecule has 1 fully saturated rings. The number of aromatic nitrogens is 2. The van der Waals surface area contributed by atoms with Crippen molar-refractivity contribution in [2.75, 3.05) is 5.75 Å². The van der Waals surface area contributed by atoms with Gasteiger partial charge >= 0.3 is 0 Å². The Labute approximate surface area is 145 Å². The molecule has 2 nitrogen and oxygen atoms in total. The first-order valence-electron chi connectivity index (χ1n) is 9.05. The summed E-state index contributed by atoms with van der Waals surface area (Å²) in [4.78, 5) is 4.18. The fourth-order valence-corrected chi connectivity index (χ4v) is 7.02. The molecule has 0 radical (unpaired) electrons. The highest BCUT2D eigenvalue weighted by atomic mass is 32.2. The van der Waals surface area contributed by atoms with E-state index < -0.39 is 0 Å². The van der Waals surface area contributed by atoms with Crippen LogP contribution in [0.2, 0.25) is 0 Å². The van der Waals surface area contributed by atoms with E-state index in [0.29, 0.717) is 4.08 Å². The van der Waals surface area contributed by atoms with Gasteiger partial charge in [-0.05, 0) is 19.3 Å². The van der Waals surface area contributed by atoms with Gasteiger partial charge in [0.15, 0.2) is 0 Å². The highest BCUT2D eigenvalue weighted by molar-refractivity contribution is 8.21. The van der Waals surface area contributed by atoms with Gasteiger partial charge in [-0.3, -0.25) is 0 Å². The maximum Gasteiger partial charge on any atom is 0.0945 e. The van der Waals surface area contributed by atoms with E-state index in [4.69, 9.17) is 0 Å². The third-order valence-electron chi connectivity index (χ3n) is 4.51. The lowest BCUT2D eigenvalue weighted by Crippen LogP contribution is -2.20. The second-order valence-electron chi connectivity index (χ2n) is 6.46. The van der Waals surface area contributed by atoms with Crippen molar-refractivity contribution in [2.45, 2.75) is 87.5 Å². The Hall–Kier alpha value is -0.0900. The summed E-state index contributed by atoms with van der Waals surface area (Å²) in [6.45, 7) is 5.73. The summed E-state index contributed by atoms with van der Waals surface area (Å²) in [6, 6.07) is 0. The van der Waals surface area contributed by atoms with Crippen molar-refractivity contribution in [1.29, 1.82) is 0 Å². The Morgan fingerprint density at radius 3 is 2.73 bits per heavy atom. The van der Waals surface area contributed by atoms with Crippen LogP contribution in [-0.4, -0.2) is 24.6 Å². The van der Waals surface area contributed by atoms with Crippen molar-refractivity contribution in [1.82, 2.24) is 9.55 Å². The van der Waals surface area contributed by atoms with E-state index >= 15 is 0 Å². The largest absolute Gasteiger partial charge is 0.337 e. The molecular formula is C18H32N2S2. The van der Waals surface area contributed by atoms with Gasteiger partial charge in [-0.15, -0.1) is 23.5 Å². The summed E-state index contributed by atoms with van der Waals surface area (Å²) in [7, 11) is 0. The van der Waals surface area contributed by atoms with E-state index in [1.165, 1.54) is 63.5 Å². The lowest BCUT2D eigenvalue weighted by molar-refractivity contribution is 0.538. The topological polar surface area (TPSA) is 17.8 Å². The monoisotopic (exact) mass is 340 g/mol. The van der Waals surface area contributed by atoms with Gasteiger partial charge in [-0.25, -0.2) is 4.98 Å². The Balaban J connectivity index is 1.86. The number of unbranched alkanes of at least 4 members (excludes halogenated alkanes) is 4. The molecule has 2 heterocycles. The summed E-state index contributed by atoms with van der Waals surface area (Å²) >= 11 is 4.56. The van der Waals surface area contributed by atoms with E-state index in [9.17, 15) is 0 Å². The fraction of sp³-hybridized carbons (Fsp3) is 0.833. The van der Waals surface area contributed by atoms with E-state index in [0.717, 1.165) is 11.8 Å². The van der Waals surface area contributed by atoms with Gasteiger partial charge < -0.3 is 4.57 Å². The van der Waals surface area contributed by atoms with Crippen molar-refractivity contribution >= 4 is 23.5 Å². The van der Waals surface area contributed by atoms with Gasteiger partial charge in [0.05, 0.1) is 10.4 Å². The summed E-state index contributed by atoms with van der Waals surface area (Å²) in [5, 5.41) is 0.888. The van der Waals surface area contributed by atoms with Crippen molar-refractivity contribution in [3.63, 3.8) is 0 Å². The molecular weight excluding hydrogens is 308 g/mol. The molecule has 1 aromatic heterocycles. The molecule has 2 unspecified atom stereocenters. The average Bonchev–Trinajstić information content (AvgIpc) is 3.18. The standard InChI is InChI=1S/C18H32N2S2/c1-3-5-7-8-10-18(11-13-20-14-12-19-16-20)21-15-17(22-18)9-6-4-2/h12,14,16-17H,3-11,13,15H2,1-2H3. The molecule has 0 aliphatic carbocycles. The quantitative estimate of drug-likeness (QED) is 0.462. The number of thioether (sulfide) groups is 2. The summed E-state index contributed by atoms with van der Waals surface area (Å²) < 4.78 is 2.71. The minimum Gasteiger partial charge on any atom is -0.337 e. The van der Waals surface area contributed by atoms with Gasteiger partial charge in [0.1, 0.15) is 0 Å². The van der Waals surface area contributed by atoms with Gasteiger partial charge in [0, 0.05) is 29.9 Å². The summed E-state index contributed by atoms with van der Waals surface area (Å²) in [5.74, 6) is 1.36. The summed E-state index contributed by atoms with van der Waals surface area (Å²) in [6.07, 6.45) is 18.3. The van der Waals surface area contributed by atoms with E-state index in [1.54, 1.807) is 0 Å². The zero-order valence-electron chi connectivity index (χ0n) is 14.3. The van der Waals surface area contributed by atoms with E-state index in [2.05, 4.69) is 53.1 Å². The predicted molar refractivity (Wildman–Crippen MR) is 102 cm³/mol. The highest BCUT2D eigenvalue weighted by Crippen LogP contribution is 2.54. The first-order chi connectivity index (χ1) is 10.8. The average molecular weight is 341 g/mol. The zero-order valence-corrected chi connectivity index (χ0v) is 15.9. The Morgan fingerprint density at radius 1 is 1.14 bits per heavy atom. The Morgan fingerprint density at radius 2 is 2.00 bits per heavy atom. The van der Waals surface area contributed by atoms with Gasteiger partial charge in [-0.2, -0.15) is 0 Å². The van der Waals surface area contributed by atoms with Gasteiger partial charge in [0.2, 0.25) is 0 Å². The van der Waals surface area contributed by atoms with Crippen LogP contribution in [0.15, 0.2) is 18.7 Å². The number of rotatable bonds is 11. The predicted octanol–water partition coefficient (Wildman–Crippen LogP) is 5.98. The van der Waals surface area contributed by atoms with Crippen LogP contribution in [0.3, 0.4) is 0 Å². The second kappa shape index (κ2) is 9.92. The molecule has 2 atom stereocenters. The number of nitrogens with zero attached hydrogens (tertiary/aromatic N) is 2. The molecule has 1 aliphatic rings. The minimum atomic E-state index is 0.469. The Kier molecular flexibility index (Phi) is 8.23. The molecule has 4 heteroatoms. The number of hydrogen-bond donors (Lipinski definition) is 0. The van der Waals surface area contributed by atoms with Crippen LogP contribution in [0.4, 0.5) is 0 Å². The van der Waals surface area contributed by atoms with Crippen LogP contribution in [0.25, 0.3) is 0 Å². The van der Waals surface area contributed by atoms with Crippen LogP contribution in [0.1, 0.15) is 71.6 Å². The third-order valence-corrected chi connectivity index (χ3v) is 8.44. The van der Waals surface area contributed by atoms with Gasteiger partial charge in [-0.1, -0.05) is 52.4 Å². The fourth-order valence-electron chi connectivity index (χ4n) is 3.12.